The van der Waals surface area contributed by atoms with E-state index in [0.717, 1.165) is 27.7 Å². The second-order valence-corrected chi connectivity index (χ2v) is 7.10. The summed E-state index contributed by atoms with van der Waals surface area (Å²) in [5, 5.41) is 3.86. The molecule has 0 spiro atoms. The van der Waals surface area contributed by atoms with Gasteiger partial charge in [-0.15, -0.1) is 12.4 Å². The number of ether oxygens (including phenoxy) is 1. The predicted molar refractivity (Wildman–Crippen MR) is 118 cm³/mol. The van der Waals surface area contributed by atoms with Crippen LogP contribution in [0.5, 0.6) is 0 Å². The molecule has 1 aromatic carbocycles. The molecule has 2 aromatic heterocycles. The van der Waals surface area contributed by atoms with Crippen LogP contribution in [-0.4, -0.2) is 39.9 Å². The van der Waals surface area contributed by atoms with Crippen molar-refractivity contribution in [2.45, 2.75) is 13.2 Å². The average molecular weight is 427 g/mol. The molecule has 0 radical (unpaired) electrons. The number of likely N-dealkylation sites (N-methyl/N-ethyl adjacent to an activating group) is 1. The van der Waals surface area contributed by atoms with E-state index in [4.69, 9.17) is 4.74 Å². The van der Waals surface area contributed by atoms with Crippen molar-refractivity contribution in [2.24, 2.45) is 7.05 Å². The predicted octanol–water partition coefficient (Wildman–Crippen LogP) is 3.14. The third kappa shape index (κ3) is 4.53. The molecule has 0 saturated heterocycles. The van der Waals surface area contributed by atoms with Crippen LogP contribution in [0.1, 0.15) is 16.8 Å². The first-order chi connectivity index (χ1) is 14.0. The first kappa shape index (κ1) is 21.5. The van der Waals surface area contributed by atoms with Crippen molar-refractivity contribution >= 4 is 47.0 Å². The minimum absolute atomic E-state index is 0. The number of pyridine rings is 1. The van der Waals surface area contributed by atoms with Crippen molar-refractivity contribution in [3.63, 3.8) is 0 Å². The zero-order valence-corrected chi connectivity index (χ0v) is 17.6. The third-order valence-corrected chi connectivity index (χ3v) is 4.98. The van der Waals surface area contributed by atoms with E-state index in [2.05, 4.69) is 33.1 Å². The Hall–Kier alpha value is -3.16. The van der Waals surface area contributed by atoms with E-state index in [1.807, 2.05) is 25.2 Å². The Morgan fingerprint density at radius 3 is 2.90 bits per heavy atom. The number of aryl methyl sites for hydroxylation is 1. The number of carbonyl (C=O) groups excluding carboxylic acids is 2. The highest BCUT2D eigenvalue weighted by atomic mass is 35.5. The Labute approximate surface area is 180 Å². The van der Waals surface area contributed by atoms with Crippen molar-refractivity contribution in [1.29, 1.82) is 0 Å². The molecule has 0 saturated carbocycles. The number of benzene rings is 1. The van der Waals surface area contributed by atoms with Gasteiger partial charge in [-0.05, 0) is 35.2 Å². The molecule has 3 heterocycles. The maximum Gasteiger partial charge on any atom is 0.251 e. The molecule has 0 atom stereocenters. The lowest BCUT2D eigenvalue weighted by Crippen LogP contribution is -2.25. The number of aromatic nitrogens is 2. The van der Waals surface area contributed by atoms with E-state index in [-0.39, 0.29) is 30.8 Å². The number of amides is 2. The zero-order valence-electron chi connectivity index (χ0n) is 16.8. The van der Waals surface area contributed by atoms with Gasteiger partial charge in [0.2, 0.25) is 5.91 Å². The number of anilines is 1. The molecule has 30 heavy (non-hydrogen) atoms. The molecule has 7 nitrogen and oxygen atoms in total. The maximum absolute atomic E-state index is 12.6. The number of rotatable bonds is 4. The SMILES string of the molecule is CN(Cc1cc2ccccc2n1C)C(=O)C=Cc1cnc2c(c1)COCC(=O)N2.Cl. The molecular weight excluding hydrogens is 404 g/mol. The van der Waals surface area contributed by atoms with Crippen LogP contribution in [0.25, 0.3) is 17.0 Å². The van der Waals surface area contributed by atoms with Crippen LogP contribution in [0.4, 0.5) is 5.82 Å². The summed E-state index contributed by atoms with van der Waals surface area (Å²) in [6, 6.07) is 12.1. The van der Waals surface area contributed by atoms with Gasteiger partial charge in [0.25, 0.3) is 5.91 Å². The molecule has 1 N–H and O–H groups in total. The van der Waals surface area contributed by atoms with Crippen molar-refractivity contribution in [3.8, 4) is 0 Å². The van der Waals surface area contributed by atoms with Crippen LogP contribution in [0.15, 0.2) is 48.7 Å². The monoisotopic (exact) mass is 426 g/mol. The maximum atomic E-state index is 12.6. The fourth-order valence-electron chi connectivity index (χ4n) is 3.38. The van der Waals surface area contributed by atoms with E-state index in [1.165, 1.54) is 6.08 Å². The van der Waals surface area contributed by atoms with Crippen molar-refractivity contribution < 1.29 is 14.3 Å². The van der Waals surface area contributed by atoms with Gasteiger partial charge in [0, 0.05) is 43.1 Å². The second-order valence-electron chi connectivity index (χ2n) is 7.10. The largest absolute Gasteiger partial charge is 0.367 e. The highest BCUT2D eigenvalue weighted by Crippen LogP contribution is 2.20. The van der Waals surface area contributed by atoms with Crippen molar-refractivity contribution in [1.82, 2.24) is 14.5 Å². The highest BCUT2D eigenvalue weighted by molar-refractivity contribution is 5.93. The molecule has 4 rings (SSSR count). The number of para-hydroxylation sites is 1. The fourth-order valence-corrected chi connectivity index (χ4v) is 3.38. The number of halogens is 1. The molecule has 0 bridgehead atoms. The van der Waals surface area contributed by atoms with E-state index in [9.17, 15) is 9.59 Å². The Balaban J connectivity index is 0.00000256. The zero-order chi connectivity index (χ0) is 20.4. The summed E-state index contributed by atoms with van der Waals surface area (Å²) in [4.78, 5) is 30.0. The molecular formula is C22H23ClN4O3. The van der Waals surface area contributed by atoms with Crippen LogP contribution in [0, 0.1) is 0 Å². The third-order valence-electron chi connectivity index (χ3n) is 4.98. The van der Waals surface area contributed by atoms with E-state index in [1.54, 1.807) is 24.2 Å². The van der Waals surface area contributed by atoms with Gasteiger partial charge in [-0.2, -0.15) is 0 Å². The normalized spacial score (nSPS) is 13.5. The fraction of sp³-hybridized carbons (Fsp3) is 0.227. The van der Waals surface area contributed by atoms with Crippen LogP contribution in [0.3, 0.4) is 0 Å². The van der Waals surface area contributed by atoms with Gasteiger partial charge < -0.3 is 19.5 Å². The lowest BCUT2D eigenvalue weighted by Gasteiger charge is -2.16. The summed E-state index contributed by atoms with van der Waals surface area (Å²) in [7, 11) is 3.79. The number of nitrogens with one attached hydrogen (secondary N) is 1. The lowest BCUT2D eigenvalue weighted by molar-refractivity contribution is -0.125. The van der Waals surface area contributed by atoms with E-state index < -0.39 is 0 Å². The Kier molecular flexibility index (Phi) is 6.54. The minimum Gasteiger partial charge on any atom is -0.367 e. The van der Waals surface area contributed by atoms with Crippen LogP contribution >= 0.6 is 12.4 Å². The summed E-state index contributed by atoms with van der Waals surface area (Å²) in [6.07, 6.45) is 4.88. The molecule has 3 aromatic rings. The molecule has 0 aliphatic carbocycles. The number of carbonyl (C=O) groups is 2. The quantitative estimate of drug-likeness (QED) is 0.650. The number of hydrogen-bond donors (Lipinski definition) is 1. The first-order valence-electron chi connectivity index (χ1n) is 9.34. The van der Waals surface area contributed by atoms with Crippen LogP contribution in [-0.2, 0) is 34.5 Å². The Morgan fingerprint density at radius 1 is 1.30 bits per heavy atom. The topological polar surface area (TPSA) is 76.5 Å². The summed E-state index contributed by atoms with van der Waals surface area (Å²) in [5.74, 6) is 0.184. The van der Waals surface area contributed by atoms with E-state index in [0.29, 0.717) is 19.0 Å². The van der Waals surface area contributed by atoms with E-state index >= 15 is 0 Å². The minimum atomic E-state index is -0.218. The molecule has 0 fully saturated rings. The standard InChI is InChI=1S/C22H22N4O3.ClH/c1-25(12-18-10-16-5-3-4-6-19(16)26(18)2)21(28)8-7-15-9-17-13-29-14-20(27)24-22(17)23-11-15;/h3-11H,12-14H2,1-2H3,(H,23,24,27);1H. The molecule has 0 unspecified atom stereocenters. The van der Waals surface area contributed by atoms with Gasteiger partial charge in [0.15, 0.2) is 0 Å². The second kappa shape index (κ2) is 9.11. The van der Waals surface area contributed by atoms with Gasteiger partial charge in [-0.1, -0.05) is 18.2 Å². The summed E-state index contributed by atoms with van der Waals surface area (Å²) < 4.78 is 7.41. The van der Waals surface area contributed by atoms with Crippen molar-refractivity contribution in [2.75, 3.05) is 19.0 Å². The molecule has 2 amide bonds. The Morgan fingerprint density at radius 2 is 2.10 bits per heavy atom. The average Bonchev–Trinajstić information content (AvgIpc) is 2.90. The van der Waals surface area contributed by atoms with Gasteiger partial charge in [-0.3, -0.25) is 9.59 Å². The van der Waals surface area contributed by atoms with Gasteiger partial charge in [0.05, 0.1) is 13.2 Å². The highest BCUT2D eigenvalue weighted by Gasteiger charge is 2.15. The smallest absolute Gasteiger partial charge is 0.251 e. The molecule has 1 aliphatic rings. The van der Waals surface area contributed by atoms with Crippen LogP contribution in [0.2, 0.25) is 0 Å². The molecule has 8 heteroatoms. The van der Waals surface area contributed by atoms with Crippen molar-refractivity contribution in [3.05, 3.63) is 65.5 Å². The summed E-state index contributed by atoms with van der Waals surface area (Å²) in [5.41, 5.74) is 3.77. The van der Waals surface area contributed by atoms with Gasteiger partial charge in [0.1, 0.15) is 12.4 Å². The lowest BCUT2D eigenvalue weighted by atomic mass is 10.2. The first-order valence-corrected chi connectivity index (χ1v) is 9.34. The summed E-state index contributed by atoms with van der Waals surface area (Å²) in [6.45, 7) is 0.827. The number of nitrogens with zero attached hydrogens (tertiary/aromatic N) is 3. The summed E-state index contributed by atoms with van der Waals surface area (Å²) >= 11 is 0. The van der Waals surface area contributed by atoms with Gasteiger partial charge >= 0.3 is 0 Å². The molecule has 1 aliphatic heterocycles. The van der Waals surface area contributed by atoms with Gasteiger partial charge in [-0.25, -0.2) is 4.98 Å². The number of hydrogen-bond acceptors (Lipinski definition) is 4. The van der Waals surface area contributed by atoms with Crippen LogP contribution < -0.4 is 5.32 Å². The Bertz CT molecular complexity index is 1120. The molecule has 156 valence electrons. The number of fused-ring (bicyclic) bond motifs is 2.